The quantitative estimate of drug-likeness (QED) is 0.150. The van der Waals surface area contributed by atoms with Crippen LogP contribution in [0.5, 0.6) is 0 Å². The summed E-state index contributed by atoms with van der Waals surface area (Å²) in [5.41, 5.74) is 3.05. The molecule has 2 aromatic carbocycles. The van der Waals surface area contributed by atoms with Gasteiger partial charge in [0, 0.05) is 48.6 Å². The molecule has 15 heteroatoms. The highest BCUT2D eigenvalue weighted by Crippen LogP contribution is 2.38. The summed E-state index contributed by atoms with van der Waals surface area (Å²) in [5.74, 6) is -1.42. The van der Waals surface area contributed by atoms with Crippen molar-refractivity contribution in [2.75, 3.05) is 66.3 Å². The van der Waals surface area contributed by atoms with E-state index in [4.69, 9.17) is 37.4 Å². The minimum absolute atomic E-state index is 0.00862. The van der Waals surface area contributed by atoms with Crippen LogP contribution in [0, 0.1) is 0 Å². The number of ether oxygens (including phenoxy) is 3. The van der Waals surface area contributed by atoms with E-state index < -0.39 is 33.9 Å². The number of rotatable bonds is 20. The van der Waals surface area contributed by atoms with Gasteiger partial charge in [0.15, 0.2) is 11.9 Å². The van der Waals surface area contributed by atoms with Gasteiger partial charge < -0.3 is 34.6 Å². The summed E-state index contributed by atoms with van der Waals surface area (Å²) in [6, 6.07) is 10.5. The van der Waals surface area contributed by atoms with Crippen LogP contribution in [0.1, 0.15) is 42.4 Å². The molecule has 1 amide bonds. The molecule has 46 heavy (non-hydrogen) atoms. The van der Waals surface area contributed by atoms with Crippen molar-refractivity contribution < 1.29 is 42.4 Å². The predicted molar refractivity (Wildman–Crippen MR) is 174 cm³/mol. The molecule has 256 valence electrons. The number of benzene rings is 2. The van der Waals surface area contributed by atoms with Gasteiger partial charge in [0.05, 0.1) is 44.5 Å². The monoisotopic (exact) mass is 703 g/mol. The summed E-state index contributed by atoms with van der Waals surface area (Å²) in [6.07, 6.45) is -2.98. The van der Waals surface area contributed by atoms with Crippen molar-refractivity contribution in [1.82, 2.24) is 14.9 Å². The molecule has 1 aliphatic rings. The van der Waals surface area contributed by atoms with E-state index in [1.807, 2.05) is 25.2 Å². The van der Waals surface area contributed by atoms with Gasteiger partial charge in [-0.15, -0.1) is 0 Å². The van der Waals surface area contributed by atoms with Crippen LogP contribution in [0.2, 0.25) is 10.0 Å². The molecule has 0 aromatic heterocycles. The van der Waals surface area contributed by atoms with Crippen LogP contribution in [-0.2, 0) is 40.4 Å². The van der Waals surface area contributed by atoms with E-state index in [0.29, 0.717) is 16.5 Å². The molecule has 4 N–H and O–H groups in total. The summed E-state index contributed by atoms with van der Waals surface area (Å²) in [5, 5.41) is 23.0. The first-order chi connectivity index (χ1) is 21.9. The molecule has 0 saturated heterocycles. The second kappa shape index (κ2) is 19.0. The maximum Gasteiger partial charge on any atom is 0.252 e. The minimum Gasteiger partial charge on any atom is -0.382 e. The summed E-state index contributed by atoms with van der Waals surface area (Å²) in [7, 11) is -1.71. The SMILES string of the molecule is CCCC(=O)[C@H](O)[C@@H](O)C(=O)NCCOCCOCCOCCNS(=O)(=O)c1ccc([C@@H]2CN(C)Cc3c(Cl)cc(Cl)cc32)cc1. The van der Waals surface area contributed by atoms with E-state index >= 15 is 0 Å². The van der Waals surface area contributed by atoms with Crippen molar-refractivity contribution in [2.24, 2.45) is 0 Å². The lowest BCUT2D eigenvalue weighted by atomic mass is 9.85. The molecule has 0 spiro atoms. The molecule has 0 bridgehead atoms. The fourth-order valence-corrected chi connectivity index (χ4v) is 6.53. The zero-order valence-electron chi connectivity index (χ0n) is 26.0. The lowest BCUT2D eigenvalue weighted by molar-refractivity contribution is -0.145. The van der Waals surface area contributed by atoms with Gasteiger partial charge in [-0.25, -0.2) is 13.1 Å². The molecule has 1 aliphatic heterocycles. The number of ketones is 1. The van der Waals surface area contributed by atoms with Gasteiger partial charge in [-0.1, -0.05) is 42.3 Å². The first-order valence-electron chi connectivity index (χ1n) is 15.1. The molecule has 0 unspecified atom stereocenters. The zero-order valence-corrected chi connectivity index (χ0v) is 28.4. The number of halogens is 2. The number of sulfonamides is 1. The third-order valence-electron chi connectivity index (χ3n) is 7.31. The van der Waals surface area contributed by atoms with Gasteiger partial charge in [0.2, 0.25) is 10.0 Å². The molecule has 12 nitrogen and oxygen atoms in total. The second-order valence-corrected chi connectivity index (χ2v) is 13.5. The number of aliphatic hydroxyl groups excluding tert-OH is 2. The maximum absolute atomic E-state index is 12.8. The molecule has 1 heterocycles. The number of likely N-dealkylation sites (N-methyl/N-ethyl adjacent to an activating group) is 1. The highest BCUT2D eigenvalue weighted by molar-refractivity contribution is 7.89. The minimum atomic E-state index is -3.72. The van der Waals surface area contributed by atoms with Crippen LogP contribution >= 0.6 is 23.2 Å². The topological polar surface area (TPSA) is 164 Å². The number of hydrogen-bond acceptors (Lipinski definition) is 10. The van der Waals surface area contributed by atoms with Crippen LogP contribution < -0.4 is 10.0 Å². The van der Waals surface area contributed by atoms with E-state index in [0.717, 1.165) is 29.8 Å². The van der Waals surface area contributed by atoms with Crippen molar-refractivity contribution in [3.63, 3.8) is 0 Å². The molecule has 3 atom stereocenters. The number of nitrogens with zero attached hydrogens (tertiary/aromatic N) is 1. The van der Waals surface area contributed by atoms with Crippen LogP contribution in [0.15, 0.2) is 41.3 Å². The first kappa shape index (κ1) is 38.3. The standard InChI is InChI=1S/C31H43Cl2N3O9S/c1-3-4-28(37)29(38)30(39)31(40)34-9-11-43-13-15-45-16-14-44-12-10-35-46(41,42)23-7-5-21(6-8-23)25-19-36(2)20-26-24(25)17-22(32)18-27(26)33/h5-8,17-18,25,29-30,35,38-39H,3-4,9-16,19-20H2,1-2H3,(H,34,40)/t25-,29-,30+/m0/s1. The average Bonchev–Trinajstić information content (AvgIpc) is 3.02. The molecular weight excluding hydrogens is 661 g/mol. The fraction of sp³-hybridized carbons (Fsp3) is 0.548. The lowest BCUT2D eigenvalue weighted by Crippen LogP contribution is -2.46. The Bertz CT molecular complexity index is 1400. The number of fused-ring (bicyclic) bond motifs is 1. The van der Waals surface area contributed by atoms with E-state index in [-0.39, 0.29) is 70.0 Å². The van der Waals surface area contributed by atoms with Crippen LogP contribution in [0.4, 0.5) is 0 Å². The first-order valence-corrected chi connectivity index (χ1v) is 17.3. The number of Topliss-reactive ketones (excluding diaryl/α,β-unsaturated/α-hetero) is 1. The number of hydrogen-bond donors (Lipinski definition) is 4. The summed E-state index contributed by atoms with van der Waals surface area (Å²) in [4.78, 5) is 25.7. The fourth-order valence-electron chi connectivity index (χ4n) is 4.95. The zero-order chi connectivity index (χ0) is 33.7. The Hall–Kier alpha value is -2.17. The molecule has 0 saturated carbocycles. The summed E-state index contributed by atoms with van der Waals surface area (Å²) < 4.78 is 44.3. The summed E-state index contributed by atoms with van der Waals surface area (Å²) in [6.45, 7) is 4.78. The largest absolute Gasteiger partial charge is 0.382 e. The summed E-state index contributed by atoms with van der Waals surface area (Å²) >= 11 is 12.7. The van der Waals surface area contributed by atoms with Gasteiger partial charge in [-0.05, 0) is 54.4 Å². The van der Waals surface area contributed by atoms with Crippen molar-refractivity contribution >= 4 is 44.9 Å². The van der Waals surface area contributed by atoms with E-state index in [9.17, 15) is 28.2 Å². The number of amides is 1. The van der Waals surface area contributed by atoms with Gasteiger partial charge in [-0.2, -0.15) is 0 Å². The number of nitrogens with one attached hydrogen (secondary N) is 2. The molecule has 0 fully saturated rings. The average molecular weight is 705 g/mol. The van der Waals surface area contributed by atoms with Crippen molar-refractivity contribution in [1.29, 1.82) is 0 Å². The normalized spacial score (nSPS) is 16.5. The Morgan fingerprint density at radius 3 is 2.20 bits per heavy atom. The third kappa shape index (κ3) is 11.5. The van der Waals surface area contributed by atoms with E-state index in [1.165, 1.54) is 0 Å². The van der Waals surface area contributed by atoms with Crippen LogP contribution in [0.3, 0.4) is 0 Å². The van der Waals surface area contributed by atoms with Gasteiger partial charge in [0.1, 0.15) is 6.10 Å². The van der Waals surface area contributed by atoms with Gasteiger partial charge >= 0.3 is 0 Å². The van der Waals surface area contributed by atoms with E-state index in [1.54, 1.807) is 25.1 Å². The van der Waals surface area contributed by atoms with E-state index in [2.05, 4.69) is 14.9 Å². The Labute approximate surface area is 280 Å². The highest BCUT2D eigenvalue weighted by atomic mass is 35.5. The van der Waals surface area contributed by atoms with Crippen molar-refractivity contribution in [3.05, 3.63) is 63.1 Å². The number of aliphatic hydroxyl groups is 2. The van der Waals surface area contributed by atoms with Gasteiger partial charge in [0.25, 0.3) is 5.91 Å². The third-order valence-corrected chi connectivity index (χ3v) is 9.34. The Kier molecular flexibility index (Phi) is 15.8. The van der Waals surface area contributed by atoms with Gasteiger partial charge in [-0.3, -0.25) is 9.59 Å². The Balaban J connectivity index is 1.27. The lowest BCUT2D eigenvalue weighted by Gasteiger charge is -2.33. The molecule has 2 aromatic rings. The Morgan fingerprint density at radius 1 is 0.957 bits per heavy atom. The number of carbonyl (C=O) groups is 2. The smallest absolute Gasteiger partial charge is 0.252 e. The van der Waals surface area contributed by atoms with Crippen LogP contribution in [-0.4, -0.2) is 114 Å². The highest BCUT2D eigenvalue weighted by Gasteiger charge is 2.29. The number of carbonyl (C=O) groups excluding carboxylic acids is 2. The molecule has 3 rings (SSSR count). The Morgan fingerprint density at radius 2 is 1.57 bits per heavy atom. The maximum atomic E-state index is 12.8. The predicted octanol–water partition coefficient (Wildman–Crippen LogP) is 2.11. The molecule has 0 aliphatic carbocycles. The second-order valence-electron chi connectivity index (χ2n) is 10.9. The molecule has 0 radical (unpaired) electrons. The van der Waals surface area contributed by atoms with Crippen molar-refractivity contribution in [3.8, 4) is 0 Å². The molecular formula is C31H43Cl2N3O9S. The van der Waals surface area contributed by atoms with Crippen LogP contribution in [0.25, 0.3) is 0 Å². The van der Waals surface area contributed by atoms with Crippen molar-refractivity contribution in [2.45, 2.75) is 49.3 Å².